The van der Waals surface area contributed by atoms with E-state index in [9.17, 15) is 0 Å². The zero-order valence-corrected chi connectivity index (χ0v) is 11.8. The number of aromatic nitrogens is 1. The minimum Gasteiger partial charge on any atom is -0.317 e. The van der Waals surface area contributed by atoms with Crippen molar-refractivity contribution >= 4 is 11.3 Å². The van der Waals surface area contributed by atoms with Crippen LogP contribution in [-0.2, 0) is 6.42 Å². The number of nitrogens with one attached hydrogen (secondary N) is 1. The monoisotopic (exact) mass is 240 g/mol. The van der Waals surface area contributed by atoms with E-state index >= 15 is 0 Å². The second-order valence-electron chi connectivity index (χ2n) is 4.60. The predicted molar refractivity (Wildman–Crippen MR) is 72.2 cm³/mol. The highest BCUT2D eigenvalue weighted by atomic mass is 32.1. The summed E-state index contributed by atoms with van der Waals surface area (Å²) in [5.41, 5.74) is 1.20. The van der Waals surface area contributed by atoms with Gasteiger partial charge in [-0.05, 0) is 45.7 Å². The maximum atomic E-state index is 4.59. The van der Waals surface area contributed by atoms with Gasteiger partial charge in [0.05, 0.1) is 10.7 Å². The van der Waals surface area contributed by atoms with Gasteiger partial charge in [-0.2, -0.15) is 0 Å². The van der Waals surface area contributed by atoms with Crippen molar-refractivity contribution < 1.29 is 0 Å². The lowest BCUT2D eigenvalue weighted by Gasteiger charge is -2.09. The van der Waals surface area contributed by atoms with E-state index in [-0.39, 0.29) is 0 Å². The van der Waals surface area contributed by atoms with Crippen LogP contribution >= 0.6 is 11.3 Å². The number of nitrogens with zero attached hydrogens (tertiary/aromatic N) is 1. The molecule has 1 rings (SSSR count). The molecule has 1 unspecified atom stereocenters. The standard InChI is InChI=1S/C13H24N2S/c1-5-7-14-8-6-10(2)9-13-15-11(3)12(4)16-13/h10,14H,5-9H2,1-4H3. The molecule has 0 amide bonds. The number of rotatable bonds is 7. The molecule has 16 heavy (non-hydrogen) atoms. The first-order valence-electron chi connectivity index (χ1n) is 6.27. The van der Waals surface area contributed by atoms with Crippen molar-refractivity contribution in [1.82, 2.24) is 10.3 Å². The van der Waals surface area contributed by atoms with Gasteiger partial charge in [-0.15, -0.1) is 11.3 Å². The molecule has 1 heterocycles. The van der Waals surface area contributed by atoms with Crippen molar-refractivity contribution in [3.05, 3.63) is 15.6 Å². The molecule has 3 heteroatoms. The first kappa shape index (κ1) is 13.7. The Morgan fingerprint density at radius 2 is 2.06 bits per heavy atom. The van der Waals surface area contributed by atoms with Crippen LogP contribution in [0, 0.1) is 19.8 Å². The van der Waals surface area contributed by atoms with E-state index < -0.39 is 0 Å². The van der Waals surface area contributed by atoms with Gasteiger partial charge < -0.3 is 5.32 Å². The van der Waals surface area contributed by atoms with Gasteiger partial charge in [-0.3, -0.25) is 0 Å². The summed E-state index contributed by atoms with van der Waals surface area (Å²) >= 11 is 1.85. The SMILES string of the molecule is CCCNCCC(C)Cc1nc(C)c(C)s1. The Kier molecular flexibility index (Phi) is 5.99. The molecule has 0 radical (unpaired) electrons. The van der Waals surface area contributed by atoms with E-state index in [4.69, 9.17) is 0 Å². The van der Waals surface area contributed by atoms with E-state index in [2.05, 4.69) is 38.0 Å². The van der Waals surface area contributed by atoms with Gasteiger partial charge in [0.2, 0.25) is 0 Å². The van der Waals surface area contributed by atoms with Gasteiger partial charge in [-0.25, -0.2) is 4.98 Å². The van der Waals surface area contributed by atoms with Gasteiger partial charge in [0.25, 0.3) is 0 Å². The zero-order chi connectivity index (χ0) is 12.0. The third kappa shape index (κ3) is 4.62. The van der Waals surface area contributed by atoms with Crippen LogP contribution in [-0.4, -0.2) is 18.1 Å². The van der Waals surface area contributed by atoms with Crippen molar-refractivity contribution in [1.29, 1.82) is 0 Å². The van der Waals surface area contributed by atoms with Gasteiger partial charge in [-0.1, -0.05) is 13.8 Å². The van der Waals surface area contributed by atoms with E-state index in [0.29, 0.717) is 0 Å². The molecule has 0 aliphatic rings. The van der Waals surface area contributed by atoms with Gasteiger partial charge in [0.15, 0.2) is 0 Å². The molecule has 2 nitrogen and oxygen atoms in total. The molecule has 92 valence electrons. The number of thiazole rings is 1. The van der Waals surface area contributed by atoms with Crippen molar-refractivity contribution in [3.63, 3.8) is 0 Å². The molecule has 0 aromatic carbocycles. The Labute approximate surface area is 103 Å². The normalized spacial score (nSPS) is 13.0. The zero-order valence-electron chi connectivity index (χ0n) is 11.0. The molecule has 1 atom stereocenters. The lowest BCUT2D eigenvalue weighted by molar-refractivity contribution is 0.497. The van der Waals surface area contributed by atoms with E-state index in [1.807, 2.05) is 11.3 Å². The second kappa shape index (κ2) is 7.02. The summed E-state index contributed by atoms with van der Waals surface area (Å²) in [6.45, 7) is 11.1. The van der Waals surface area contributed by atoms with Crippen LogP contribution in [0.2, 0.25) is 0 Å². The minimum absolute atomic E-state index is 0.731. The molecule has 1 N–H and O–H groups in total. The van der Waals surface area contributed by atoms with Crippen LogP contribution in [0.5, 0.6) is 0 Å². The molecular weight excluding hydrogens is 216 g/mol. The van der Waals surface area contributed by atoms with Gasteiger partial charge in [0, 0.05) is 11.3 Å². The summed E-state index contributed by atoms with van der Waals surface area (Å²) in [6, 6.07) is 0. The number of hydrogen-bond donors (Lipinski definition) is 1. The highest BCUT2D eigenvalue weighted by Gasteiger charge is 2.08. The molecular formula is C13H24N2S. The van der Waals surface area contributed by atoms with Crippen molar-refractivity contribution in [2.45, 2.75) is 47.0 Å². The summed E-state index contributed by atoms with van der Waals surface area (Å²) in [5, 5.41) is 4.76. The highest BCUT2D eigenvalue weighted by Crippen LogP contribution is 2.20. The average molecular weight is 240 g/mol. The fourth-order valence-electron chi connectivity index (χ4n) is 1.68. The van der Waals surface area contributed by atoms with Crippen LogP contribution in [0.25, 0.3) is 0 Å². The first-order valence-corrected chi connectivity index (χ1v) is 7.08. The molecule has 0 bridgehead atoms. The van der Waals surface area contributed by atoms with Gasteiger partial charge in [0.1, 0.15) is 0 Å². The molecule has 0 saturated heterocycles. The Morgan fingerprint density at radius 3 is 2.62 bits per heavy atom. The fraction of sp³-hybridized carbons (Fsp3) is 0.769. The molecule has 0 saturated carbocycles. The second-order valence-corrected chi connectivity index (χ2v) is 5.88. The van der Waals surface area contributed by atoms with E-state index in [1.165, 1.54) is 28.4 Å². The number of hydrogen-bond acceptors (Lipinski definition) is 3. The molecule has 0 aliphatic heterocycles. The fourth-order valence-corrected chi connectivity index (χ4v) is 2.77. The van der Waals surface area contributed by atoms with Crippen molar-refractivity contribution in [2.24, 2.45) is 5.92 Å². The maximum Gasteiger partial charge on any atom is 0.0933 e. The van der Waals surface area contributed by atoms with Crippen molar-refractivity contribution in [3.8, 4) is 0 Å². The van der Waals surface area contributed by atoms with Crippen LogP contribution in [0.1, 0.15) is 42.3 Å². The third-order valence-electron chi connectivity index (χ3n) is 2.84. The van der Waals surface area contributed by atoms with Crippen LogP contribution in [0.3, 0.4) is 0 Å². The molecule has 1 aromatic heterocycles. The van der Waals surface area contributed by atoms with Crippen LogP contribution in [0.15, 0.2) is 0 Å². The molecule has 0 aliphatic carbocycles. The summed E-state index contributed by atoms with van der Waals surface area (Å²) in [6.07, 6.45) is 3.60. The van der Waals surface area contributed by atoms with Crippen LogP contribution in [0.4, 0.5) is 0 Å². The summed E-state index contributed by atoms with van der Waals surface area (Å²) in [4.78, 5) is 5.96. The highest BCUT2D eigenvalue weighted by molar-refractivity contribution is 7.11. The van der Waals surface area contributed by atoms with Crippen LogP contribution < -0.4 is 5.32 Å². The number of aryl methyl sites for hydroxylation is 2. The van der Waals surface area contributed by atoms with E-state index in [0.717, 1.165) is 25.4 Å². The smallest absolute Gasteiger partial charge is 0.0933 e. The molecule has 1 aromatic rings. The predicted octanol–water partition coefficient (Wildman–Crippen LogP) is 3.33. The lowest BCUT2D eigenvalue weighted by atomic mass is 10.0. The third-order valence-corrected chi connectivity index (χ3v) is 3.93. The lowest BCUT2D eigenvalue weighted by Crippen LogP contribution is -2.18. The first-order chi connectivity index (χ1) is 7.63. The maximum absolute atomic E-state index is 4.59. The minimum atomic E-state index is 0.731. The Balaban J connectivity index is 2.25. The average Bonchev–Trinajstić information content (AvgIpc) is 2.53. The summed E-state index contributed by atoms with van der Waals surface area (Å²) in [7, 11) is 0. The molecule has 0 fully saturated rings. The van der Waals surface area contributed by atoms with Gasteiger partial charge >= 0.3 is 0 Å². The molecule has 0 spiro atoms. The van der Waals surface area contributed by atoms with Crippen molar-refractivity contribution in [2.75, 3.05) is 13.1 Å². The largest absolute Gasteiger partial charge is 0.317 e. The Morgan fingerprint density at radius 1 is 1.31 bits per heavy atom. The quantitative estimate of drug-likeness (QED) is 0.740. The van der Waals surface area contributed by atoms with E-state index in [1.54, 1.807) is 0 Å². The Hall–Kier alpha value is -0.410. The summed E-state index contributed by atoms with van der Waals surface area (Å²) in [5.74, 6) is 0.731. The Bertz CT molecular complexity index is 287. The summed E-state index contributed by atoms with van der Waals surface area (Å²) < 4.78 is 0. The topological polar surface area (TPSA) is 24.9 Å².